The van der Waals surface area contributed by atoms with Gasteiger partial charge in [0.1, 0.15) is 5.82 Å². The topological polar surface area (TPSA) is 70.4 Å². The monoisotopic (exact) mass is 397 g/mol. The minimum absolute atomic E-state index is 0.540. The van der Waals surface area contributed by atoms with Crippen LogP contribution in [-0.4, -0.2) is 41.1 Å². The lowest BCUT2D eigenvalue weighted by Gasteiger charge is -2.12. The minimum atomic E-state index is 0.540. The van der Waals surface area contributed by atoms with Crippen molar-refractivity contribution in [1.82, 2.24) is 25.2 Å². The average molecular weight is 398 g/mol. The highest BCUT2D eigenvalue weighted by Gasteiger charge is 2.07. The molecule has 0 aliphatic rings. The predicted octanol–water partition coefficient (Wildman–Crippen LogP) is 2.71. The number of nitrogens with one attached hydrogen (secondary N) is 2. The zero-order chi connectivity index (χ0) is 19.8. The molecular weight excluding hydrogens is 370 g/mol. The number of hydrogen-bond acceptors (Lipinski definition) is 5. The second-order valence-corrected chi connectivity index (χ2v) is 7.36. The Morgan fingerprint density at radius 3 is 2.75 bits per heavy atom. The van der Waals surface area contributed by atoms with Gasteiger partial charge in [0, 0.05) is 45.0 Å². The van der Waals surface area contributed by atoms with Gasteiger partial charge in [-0.15, -0.1) is 11.3 Å². The SMILES string of the molecule is CCNC(=NCc1csc(N(C)C)n1)NCc1nccn1Cc1ccccc1. The molecule has 8 heteroatoms. The van der Waals surface area contributed by atoms with Crippen molar-refractivity contribution >= 4 is 22.4 Å². The van der Waals surface area contributed by atoms with Gasteiger partial charge in [0.2, 0.25) is 0 Å². The standard InChI is InChI=1S/C20H27N7S/c1-4-21-19(23-12-17-15-28-20(25-17)26(2)3)24-13-18-22-10-11-27(18)14-16-8-6-5-7-9-16/h5-11,15H,4,12-14H2,1-3H3,(H2,21,23,24). The van der Waals surface area contributed by atoms with E-state index in [1.54, 1.807) is 11.3 Å². The molecule has 0 amide bonds. The molecule has 148 valence electrons. The summed E-state index contributed by atoms with van der Waals surface area (Å²) in [6.07, 6.45) is 3.84. The molecule has 0 atom stereocenters. The molecular formula is C20H27N7S. The summed E-state index contributed by atoms with van der Waals surface area (Å²) >= 11 is 1.63. The van der Waals surface area contributed by atoms with Crippen LogP contribution >= 0.6 is 11.3 Å². The summed E-state index contributed by atoms with van der Waals surface area (Å²) in [5.41, 5.74) is 2.22. The molecule has 0 spiro atoms. The smallest absolute Gasteiger partial charge is 0.192 e. The third-order valence-corrected chi connectivity index (χ3v) is 5.13. The molecule has 3 rings (SSSR count). The molecule has 0 fully saturated rings. The summed E-state index contributed by atoms with van der Waals surface area (Å²) in [7, 11) is 3.99. The van der Waals surface area contributed by atoms with Gasteiger partial charge in [-0.05, 0) is 12.5 Å². The summed E-state index contributed by atoms with van der Waals surface area (Å²) in [5.74, 6) is 1.73. The Kier molecular flexibility index (Phi) is 7.02. The predicted molar refractivity (Wildman–Crippen MR) is 116 cm³/mol. The molecule has 7 nitrogen and oxygen atoms in total. The van der Waals surface area contributed by atoms with Gasteiger partial charge in [-0.2, -0.15) is 0 Å². The van der Waals surface area contributed by atoms with Crippen LogP contribution in [0.15, 0.2) is 53.1 Å². The van der Waals surface area contributed by atoms with E-state index in [1.165, 1.54) is 5.56 Å². The van der Waals surface area contributed by atoms with E-state index in [1.807, 2.05) is 37.5 Å². The van der Waals surface area contributed by atoms with Crippen molar-refractivity contribution in [3.05, 3.63) is 65.2 Å². The van der Waals surface area contributed by atoms with Crippen molar-refractivity contribution in [3.63, 3.8) is 0 Å². The van der Waals surface area contributed by atoms with E-state index in [0.29, 0.717) is 13.1 Å². The Balaban J connectivity index is 1.61. The maximum Gasteiger partial charge on any atom is 0.192 e. The van der Waals surface area contributed by atoms with E-state index < -0.39 is 0 Å². The van der Waals surface area contributed by atoms with Gasteiger partial charge in [0.25, 0.3) is 0 Å². The van der Waals surface area contributed by atoms with Crippen LogP contribution < -0.4 is 15.5 Å². The number of thiazole rings is 1. The molecule has 0 unspecified atom stereocenters. The first-order valence-corrected chi connectivity index (χ1v) is 10.2. The van der Waals surface area contributed by atoms with Crippen LogP contribution in [0.2, 0.25) is 0 Å². The summed E-state index contributed by atoms with van der Waals surface area (Å²) in [6, 6.07) is 10.4. The van der Waals surface area contributed by atoms with Gasteiger partial charge < -0.3 is 20.1 Å². The van der Waals surface area contributed by atoms with Crippen LogP contribution in [0.1, 0.15) is 24.0 Å². The first-order chi connectivity index (χ1) is 13.7. The Morgan fingerprint density at radius 1 is 1.21 bits per heavy atom. The average Bonchev–Trinajstić information content (AvgIpc) is 3.34. The maximum absolute atomic E-state index is 4.65. The molecule has 0 saturated heterocycles. The lowest BCUT2D eigenvalue weighted by Crippen LogP contribution is -2.37. The fraction of sp³-hybridized carbons (Fsp3) is 0.350. The lowest BCUT2D eigenvalue weighted by molar-refractivity contribution is 0.688. The van der Waals surface area contributed by atoms with Crippen molar-refractivity contribution in [2.45, 2.75) is 26.6 Å². The van der Waals surface area contributed by atoms with Gasteiger partial charge in [0.05, 0.1) is 18.8 Å². The van der Waals surface area contributed by atoms with Crippen LogP contribution in [0.5, 0.6) is 0 Å². The number of anilines is 1. The number of rotatable bonds is 8. The number of aliphatic imine (C=N–C) groups is 1. The Morgan fingerprint density at radius 2 is 2.04 bits per heavy atom. The van der Waals surface area contributed by atoms with Crippen LogP contribution in [-0.2, 0) is 19.6 Å². The van der Waals surface area contributed by atoms with E-state index in [-0.39, 0.29) is 0 Å². The quantitative estimate of drug-likeness (QED) is 0.452. The van der Waals surface area contributed by atoms with Gasteiger partial charge in [0.15, 0.2) is 11.1 Å². The summed E-state index contributed by atoms with van der Waals surface area (Å²) in [5, 5.41) is 9.69. The molecule has 1 aromatic carbocycles. The van der Waals surface area contributed by atoms with E-state index in [9.17, 15) is 0 Å². The van der Waals surface area contributed by atoms with Crippen molar-refractivity contribution in [1.29, 1.82) is 0 Å². The van der Waals surface area contributed by atoms with Crippen LogP contribution in [0.25, 0.3) is 0 Å². The third-order valence-electron chi connectivity index (χ3n) is 4.08. The van der Waals surface area contributed by atoms with Crippen molar-refractivity contribution in [2.75, 3.05) is 25.5 Å². The molecule has 2 N–H and O–H groups in total. The molecule has 2 heterocycles. The van der Waals surface area contributed by atoms with E-state index in [0.717, 1.165) is 35.7 Å². The molecule has 3 aromatic rings. The van der Waals surface area contributed by atoms with Crippen LogP contribution in [0, 0.1) is 0 Å². The zero-order valence-electron chi connectivity index (χ0n) is 16.6. The minimum Gasteiger partial charge on any atom is -0.357 e. The molecule has 0 saturated carbocycles. The number of aromatic nitrogens is 3. The first kappa shape index (κ1) is 19.9. The van der Waals surface area contributed by atoms with E-state index in [4.69, 9.17) is 0 Å². The fourth-order valence-corrected chi connectivity index (χ4v) is 3.42. The number of guanidine groups is 1. The molecule has 2 aromatic heterocycles. The van der Waals surface area contributed by atoms with Crippen molar-refractivity contribution in [2.24, 2.45) is 4.99 Å². The zero-order valence-corrected chi connectivity index (χ0v) is 17.4. The highest BCUT2D eigenvalue weighted by atomic mass is 32.1. The summed E-state index contributed by atoms with van der Waals surface area (Å²) in [6.45, 7) is 4.80. The van der Waals surface area contributed by atoms with E-state index >= 15 is 0 Å². The Labute approximate surface area is 170 Å². The van der Waals surface area contributed by atoms with Gasteiger partial charge in [-0.1, -0.05) is 30.3 Å². The number of imidazole rings is 1. The molecule has 0 radical (unpaired) electrons. The lowest BCUT2D eigenvalue weighted by atomic mass is 10.2. The Hall–Kier alpha value is -2.87. The number of benzene rings is 1. The van der Waals surface area contributed by atoms with Gasteiger partial charge in [-0.3, -0.25) is 0 Å². The van der Waals surface area contributed by atoms with Crippen molar-refractivity contribution in [3.8, 4) is 0 Å². The molecule has 0 aliphatic heterocycles. The van der Waals surface area contributed by atoms with Crippen molar-refractivity contribution < 1.29 is 0 Å². The molecule has 28 heavy (non-hydrogen) atoms. The fourth-order valence-electron chi connectivity index (χ4n) is 2.67. The summed E-state index contributed by atoms with van der Waals surface area (Å²) < 4.78 is 2.15. The highest BCUT2D eigenvalue weighted by molar-refractivity contribution is 7.13. The molecule has 0 bridgehead atoms. The van der Waals surface area contributed by atoms with E-state index in [2.05, 4.69) is 66.7 Å². The maximum atomic E-state index is 4.65. The second kappa shape index (κ2) is 9.89. The second-order valence-electron chi connectivity index (χ2n) is 6.52. The normalized spacial score (nSPS) is 11.5. The molecule has 0 aliphatic carbocycles. The summed E-state index contributed by atoms with van der Waals surface area (Å²) in [4.78, 5) is 15.7. The largest absolute Gasteiger partial charge is 0.357 e. The number of nitrogens with zero attached hydrogens (tertiary/aromatic N) is 5. The third kappa shape index (κ3) is 5.56. The highest BCUT2D eigenvalue weighted by Crippen LogP contribution is 2.18. The van der Waals surface area contributed by atoms with Crippen LogP contribution in [0.4, 0.5) is 5.13 Å². The Bertz CT molecular complexity index is 883. The van der Waals surface area contributed by atoms with Gasteiger partial charge in [-0.25, -0.2) is 15.0 Å². The number of hydrogen-bond donors (Lipinski definition) is 2. The van der Waals surface area contributed by atoms with Crippen LogP contribution in [0.3, 0.4) is 0 Å². The van der Waals surface area contributed by atoms with Gasteiger partial charge >= 0.3 is 0 Å². The first-order valence-electron chi connectivity index (χ1n) is 9.33.